The largest absolute Gasteiger partial charge is 0.324 e. The van der Waals surface area contributed by atoms with E-state index in [1.807, 2.05) is 12.1 Å². The summed E-state index contributed by atoms with van der Waals surface area (Å²) in [4.78, 5) is 0. The highest BCUT2D eigenvalue weighted by molar-refractivity contribution is 9.10. The molecule has 0 saturated carbocycles. The number of nitrogens with two attached hydrogens (primary N) is 1. The Bertz CT molecular complexity index is 273. The van der Waals surface area contributed by atoms with Crippen LogP contribution in [0.15, 0.2) is 28.7 Å². The van der Waals surface area contributed by atoms with Gasteiger partial charge in [-0.1, -0.05) is 48.3 Å². The number of rotatable bonds is 3. The average molecular weight is 242 g/mol. The van der Waals surface area contributed by atoms with Gasteiger partial charge in [-0.3, -0.25) is 0 Å². The second-order valence-corrected chi connectivity index (χ2v) is 4.38. The summed E-state index contributed by atoms with van der Waals surface area (Å²) in [5.41, 5.74) is 7.31. The first-order chi connectivity index (χ1) is 6.15. The fourth-order valence-corrected chi connectivity index (χ4v) is 1.71. The summed E-state index contributed by atoms with van der Waals surface area (Å²) in [6.07, 6.45) is 1.12. The Morgan fingerprint density at radius 2 is 2.15 bits per heavy atom. The molecule has 0 saturated heterocycles. The molecular formula is C11H16BrN. The minimum absolute atomic E-state index is 0.155. The average Bonchev–Trinajstić information content (AvgIpc) is 2.15. The molecule has 0 aliphatic heterocycles. The van der Waals surface area contributed by atoms with E-state index in [9.17, 15) is 0 Å². The first-order valence-corrected chi connectivity index (χ1v) is 5.45. The van der Waals surface area contributed by atoms with Gasteiger partial charge in [0.1, 0.15) is 0 Å². The highest BCUT2D eigenvalue weighted by Gasteiger charge is 2.12. The van der Waals surface area contributed by atoms with Gasteiger partial charge in [-0.15, -0.1) is 0 Å². The van der Waals surface area contributed by atoms with E-state index in [1.165, 1.54) is 5.56 Å². The highest BCUT2D eigenvalue weighted by Crippen LogP contribution is 2.23. The Kier molecular flexibility index (Phi) is 3.94. The molecule has 1 rings (SSSR count). The molecule has 1 nitrogen and oxygen atoms in total. The lowest BCUT2D eigenvalue weighted by molar-refractivity contribution is 0.457. The van der Waals surface area contributed by atoms with Crippen LogP contribution in [-0.2, 0) is 0 Å². The third kappa shape index (κ3) is 2.82. The molecule has 0 spiro atoms. The van der Waals surface area contributed by atoms with Crippen molar-refractivity contribution in [2.75, 3.05) is 0 Å². The Hall–Kier alpha value is -0.340. The van der Waals surface area contributed by atoms with E-state index in [-0.39, 0.29) is 6.04 Å². The van der Waals surface area contributed by atoms with E-state index in [0.29, 0.717) is 5.92 Å². The van der Waals surface area contributed by atoms with Crippen molar-refractivity contribution in [3.63, 3.8) is 0 Å². The molecule has 1 aromatic carbocycles. The van der Waals surface area contributed by atoms with Gasteiger partial charge in [-0.2, -0.15) is 0 Å². The van der Waals surface area contributed by atoms with Gasteiger partial charge in [-0.25, -0.2) is 0 Å². The van der Waals surface area contributed by atoms with Crippen molar-refractivity contribution in [1.82, 2.24) is 0 Å². The molecule has 0 fully saturated rings. The van der Waals surface area contributed by atoms with Crippen molar-refractivity contribution in [1.29, 1.82) is 0 Å². The van der Waals surface area contributed by atoms with Gasteiger partial charge in [-0.05, 0) is 23.6 Å². The minimum Gasteiger partial charge on any atom is -0.324 e. The predicted molar refractivity (Wildman–Crippen MR) is 60.5 cm³/mol. The maximum absolute atomic E-state index is 6.10. The van der Waals surface area contributed by atoms with Crippen LogP contribution in [0, 0.1) is 5.92 Å². The molecular weight excluding hydrogens is 226 g/mol. The smallest absolute Gasteiger partial charge is 0.0321 e. The summed E-state index contributed by atoms with van der Waals surface area (Å²) < 4.78 is 1.10. The summed E-state index contributed by atoms with van der Waals surface area (Å²) in [5, 5.41) is 0. The summed E-state index contributed by atoms with van der Waals surface area (Å²) in [7, 11) is 0. The summed E-state index contributed by atoms with van der Waals surface area (Å²) in [6.45, 7) is 4.36. The first-order valence-electron chi connectivity index (χ1n) is 4.66. The zero-order chi connectivity index (χ0) is 9.84. The van der Waals surface area contributed by atoms with Gasteiger partial charge < -0.3 is 5.73 Å². The Labute approximate surface area is 88.5 Å². The van der Waals surface area contributed by atoms with Gasteiger partial charge in [0, 0.05) is 10.5 Å². The number of halogens is 1. The van der Waals surface area contributed by atoms with E-state index < -0.39 is 0 Å². The Balaban J connectivity index is 2.82. The van der Waals surface area contributed by atoms with E-state index in [0.717, 1.165) is 10.9 Å². The van der Waals surface area contributed by atoms with Crippen LogP contribution in [0.2, 0.25) is 0 Å². The van der Waals surface area contributed by atoms with Crippen LogP contribution >= 0.6 is 15.9 Å². The summed E-state index contributed by atoms with van der Waals surface area (Å²) in [5.74, 6) is 0.536. The summed E-state index contributed by atoms with van der Waals surface area (Å²) >= 11 is 3.45. The molecule has 0 aliphatic rings. The molecule has 0 aliphatic carbocycles. The van der Waals surface area contributed by atoms with Crippen molar-refractivity contribution in [2.45, 2.75) is 26.3 Å². The molecule has 2 unspecified atom stereocenters. The van der Waals surface area contributed by atoms with Gasteiger partial charge in [0.05, 0.1) is 0 Å². The molecule has 72 valence electrons. The van der Waals surface area contributed by atoms with Crippen LogP contribution in [0.1, 0.15) is 31.9 Å². The second kappa shape index (κ2) is 4.77. The standard InChI is InChI=1S/C11H16BrN/c1-3-8(2)11(13)9-5-4-6-10(12)7-9/h4-8,11H,3,13H2,1-2H3. The molecule has 2 heteroatoms. The fourth-order valence-electron chi connectivity index (χ4n) is 1.30. The molecule has 1 aromatic rings. The van der Waals surface area contributed by atoms with Gasteiger partial charge in [0.15, 0.2) is 0 Å². The maximum Gasteiger partial charge on any atom is 0.0321 e. The number of hydrogen-bond donors (Lipinski definition) is 1. The van der Waals surface area contributed by atoms with E-state index >= 15 is 0 Å². The van der Waals surface area contributed by atoms with E-state index in [2.05, 4.69) is 41.9 Å². The zero-order valence-electron chi connectivity index (χ0n) is 8.13. The van der Waals surface area contributed by atoms with Gasteiger partial charge in [0.2, 0.25) is 0 Å². The molecule has 2 N–H and O–H groups in total. The SMILES string of the molecule is CCC(C)C(N)c1cccc(Br)c1. The first kappa shape index (κ1) is 10.7. The summed E-state index contributed by atoms with van der Waals surface area (Å²) in [6, 6.07) is 8.38. The molecule has 13 heavy (non-hydrogen) atoms. The van der Waals surface area contributed by atoms with Crippen LogP contribution < -0.4 is 5.73 Å². The van der Waals surface area contributed by atoms with E-state index in [4.69, 9.17) is 5.73 Å². The second-order valence-electron chi connectivity index (χ2n) is 3.47. The maximum atomic E-state index is 6.10. The van der Waals surface area contributed by atoms with Crippen LogP contribution in [-0.4, -0.2) is 0 Å². The number of hydrogen-bond acceptors (Lipinski definition) is 1. The lowest BCUT2D eigenvalue weighted by Gasteiger charge is -2.18. The number of benzene rings is 1. The van der Waals surface area contributed by atoms with Gasteiger partial charge >= 0.3 is 0 Å². The zero-order valence-corrected chi connectivity index (χ0v) is 9.71. The molecule has 0 radical (unpaired) electrons. The van der Waals surface area contributed by atoms with Crippen LogP contribution in [0.3, 0.4) is 0 Å². The van der Waals surface area contributed by atoms with Crippen molar-refractivity contribution in [2.24, 2.45) is 11.7 Å². The lowest BCUT2D eigenvalue weighted by atomic mass is 9.93. The van der Waals surface area contributed by atoms with Crippen LogP contribution in [0.25, 0.3) is 0 Å². The van der Waals surface area contributed by atoms with Crippen LogP contribution in [0.4, 0.5) is 0 Å². The van der Waals surface area contributed by atoms with Crippen molar-refractivity contribution >= 4 is 15.9 Å². The molecule has 0 bridgehead atoms. The lowest BCUT2D eigenvalue weighted by Crippen LogP contribution is -2.18. The van der Waals surface area contributed by atoms with Gasteiger partial charge in [0.25, 0.3) is 0 Å². The van der Waals surface area contributed by atoms with E-state index in [1.54, 1.807) is 0 Å². The molecule has 0 amide bonds. The fraction of sp³-hybridized carbons (Fsp3) is 0.455. The van der Waals surface area contributed by atoms with Crippen molar-refractivity contribution < 1.29 is 0 Å². The highest BCUT2D eigenvalue weighted by atomic mass is 79.9. The predicted octanol–water partition coefficient (Wildman–Crippen LogP) is 3.50. The Morgan fingerprint density at radius 3 is 2.69 bits per heavy atom. The third-order valence-corrected chi connectivity index (χ3v) is 2.98. The quantitative estimate of drug-likeness (QED) is 0.862. The third-order valence-electron chi connectivity index (χ3n) is 2.49. The molecule has 0 heterocycles. The monoisotopic (exact) mass is 241 g/mol. The van der Waals surface area contributed by atoms with Crippen molar-refractivity contribution in [3.05, 3.63) is 34.3 Å². The molecule has 0 aromatic heterocycles. The van der Waals surface area contributed by atoms with Crippen LogP contribution in [0.5, 0.6) is 0 Å². The normalized spacial score (nSPS) is 15.4. The topological polar surface area (TPSA) is 26.0 Å². The minimum atomic E-state index is 0.155. The Morgan fingerprint density at radius 1 is 1.46 bits per heavy atom. The van der Waals surface area contributed by atoms with Crippen molar-refractivity contribution in [3.8, 4) is 0 Å². The molecule has 2 atom stereocenters.